The summed E-state index contributed by atoms with van der Waals surface area (Å²) < 4.78 is 24.7. The van der Waals surface area contributed by atoms with E-state index < -0.39 is 23.6 Å². The fourth-order valence-corrected chi connectivity index (χ4v) is 5.76. The summed E-state index contributed by atoms with van der Waals surface area (Å²) in [6.45, 7) is 4.81. The van der Waals surface area contributed by atoms with Gasteiger partial charge < -0.3 is 19.9 Å². The highest BCUT2D eigenvalue weighted by Gasteiger charge is 2.39. The normalized spacial score (nSPS) is 25.7. The molecule has 0 aliphatic carbocycles. The number of carbonyl (C=O) groups excluding carboxylic acids is 2. The molecule has 3 aliphatic rings. The number of benzene rings is 1. The number of methoxy groups -OCH3 is 1. The Labute approximate surface area is 200 Å². The number of carbonyl (C=O) groups is 2. The van der Waals surface area contributed by atoms with E-state index in [1.54, 1.807) is 17.4 Å². The van der Waals surface area contributed by atoms with E-state index in [1.807, 2.05) is 36.3 Å². The Morgan fingerprint density at radius 3 is 2.94 bits per heavy atom. The maximum absolute atomic E-state index is 13.6. The lowest BCUT2D eigenvalue weighted by Crippen LogP contribution is -2.36. The van der Waals surface area contributed by atoms with E-state index in [-0.39, 0.29) is 11.9 Å². The van der Waals surface area contributed by atoms with Gasteiger partial charge in [-0.1, -0.05) is 0 Å². The van der Waals surface area contributed by atoms with E-state index in [1.165, 1.54) is 19.2 Å². The van der Waals surface area contributed by atoms with Crippen LogP contribution in [0.2, 0.25) is 0 Å². The zero-order chi connectivity index (χ0) is 24.2. The van der Waals surface area contributed by atoms with E-state index in [2.05, 4.69) is 5.32 Å². The summed E-state index contributed by atoms with van der Waals surface area (Å²) in [6.07, 6.45) is 1.67. The molecule has 178 valence electrons. The molecule has 0 radical (unpaired) electrons. The van der Waals surface area contributed by atoms with Crippen LogP contribution in [-0.4, -0.2) is 53.3 Å². The zero-order valence-corrected chi connectivity index (χ0v) is 19.9. The quantitative estimate of drug-likeness (QED) is 0.510. The number of anilines is 1. The van der Waals surface area contributed by atoms with Gasteiger partial charge in [-0.25, -0.2) is 4.39 Å². The summed E-state index contributed by atoms with van der Waals surface area (Å²) in [4.78, 5) is 27.7. The number of β-amino-alcohol motifs (C(OH)–C–C–N with tert-alkyl or cyclic N) is 1. The number of fused-ring (bicyclic) bond motifs is 1. The van der Waals surface area contributed by atoms with Gasteiger partial charge in [0.1, 0.15) is 23.2 Å². The van der Waals surface area contributed by atoms with Crippen LogP contribution in [0.5, 0.6) is 0 Å². The molecule has 1 saturated heterocycles. The number of nitrogens with one attached hydrogen (secondary N) is 1. The minimum absolute atomic E-state index is 0.323. The van der Waals surface area contributed by atoms with E-state index >= 15 is 0 Å². The van der Waals surface area contributed by atoms with Crippen LogP contribution in [0, 0.1) is 5.82 Å². The van der Waals surface area contributed by atoms with Crippen molar-refractivity contribution in [2.45, 2.75) is 44.6 Å². The van der Waals surface area contributed by atoms with Crippen molar-refractivity contribution in [1.29, 1.82) is 0 Å². The summed E-state index contributed by atoms with van der Waals surface area (Å²) in [5.74, 6) is -0.632. The number of nitrogens with zero attached hydrogens (tertiary/aromatic N) is 1. The van der Waals surface area contributed by atoms with Gasteiger partial charge in [-0.05, 0) is 55.1 Å². The second-order valence-corrected chi connectivity index (χ2v) is 10.2. The summed E-state index contributed by atoms with van der Waals surface area (Å²) in [5, 5.41) is 14.8. The number of allylic oxidation sites excluding steroid dienone is 1. The molecule has 0 spiro atoms. The van der Waals surface area contributed by atoms with Crippen LogP contribution in [0.1, 0.15) is 36.3 Å². The highest BCUT2D eigenvalue weighted by Crippen LogP contribution is 2.45. The number of hydrogen-bond donors (Lipinski definition) is 2. The number of esters is 1. The van der Waals surface area contributed by atoms with Crippen LogP contribution in [-0.2, 0) is 25.6 Å². The van der Waals surface area contributed by atoms with Crippen molar-refractivity contribution in [3.8, 4) is 0 Å². The monoisotopic (exact) mass is 484 g/mol. The van der Waals surface area contributed by atoms with Gasteiger partial charge in [-0.15, -0.1) is 11.3 Å². The molecule has 9 heteroatoms. The van der Waals surface area contributed by atoms with Crippen LogP contribution in [0.25, 0.3) is 11.1 Å². The first-order valence-electron chi connectivity index (χ1n) is 11.0. The van der Waals surface area contributed by atoms with Crippen molar-refractivity contribution < 1.29 is 28.6 Å². The van der Waals surface area contributed by atoms with Gasteiger partial charge in [0.15, 0.2) is 0 Å². The predicted molar refractivity (Wildman–Crippen MR) is 126 cm³/mol. The zero-order valence-electron chi connectivity index (χ0n) is 19.1. The largest absolute Gasteiger partial charge is 0.482 e. The van der Waals surface area contributed by atoms with Gasteiger partial charge >= 0.3 is 5.97 Å². The van der Waals surface area contributed by atoms with Gasteiger partial charge in [-0.3, -0.25) is 14.5 Å². The number of thiophene rings is 1. The minimum Gasteiger partial charge on any atom is -0.482 e. The third kappa shape index (κ3) is 3.93. The smallest absolute Gasteiger partial charge is 0.323 e. The van der Waals surface area contributed by atoms with E-state index in [9.17, 15) is 19.1 Å². The van der Waals surface area contributed by atoms with E-state index in [0.717, 1.165) is 16.0 Å². The van der Waals surface area contributed by atoms with Crippen molar-refractivity contribution in [2.24, 2.45) is 0 Å². The maximum atomic E-state index is 13.6. The van der Waals surface area contributed by atoms with Crippen LogP contribution in [0.4, 0.5) is 10.1 Å². The molecule has 1 amide bonds. The number of aliphatic hydroxyl groups excluding tert-OH is 1. The van der Waals surface area contributed by atoms with Crippen molar-refractivity contribution in [1.82, 2.24) is 4.90 Å². The standard InChI is InChI=1S/C25H25FN2O5S/c1-25(2)18(9-21(33-25)22-17-5-4-14(26)7-19(17)27-23(22)30)13-6-16(34-12-13)11-28-10-15(29)8-20(28)24(31)32-3/h4-7,9,12,15,20,29H,8,10-11H2,1-3H3,(H,27,30)/b22-21+. The molecule has 0 bridgehead atoms. The summed E-state index contributed by atoms with van der Waals surface area (Å²) in [6, 6.07) is 5.79. The topological polar surface area (TPSA) is 88.1 Å². The number of halogens is 1. The Morgan fingerprint density at radius 2 is 2.18 bits per heavy atom. The molecule has 3 aliphatic heterocycles. The maximum Gasteiger partial charge on any atom is 0.323 e. The molecule has 1 aromatic heterocycles. The molecule has 1 aromatic carbocycles. The average molecular weight is 485 g/mol. The lowest BCUT2D eigenvalue weighted by molar-refractivity contribution is -0.146. The summed E-state index contributed by atoms with van der Waals surface area (Å²) in [7, 11) is 1.36. The lowest BCUT2D eigenvalue weighted by atomic mass is 9.94. The molecule has 0 saturated carbocycles. The molecule has 5 rings (SSSR count). The van der Waals surface area contributed by atoms with Crippen LogP contribution in [0.3, 0.4) is 0 Å². The highest BCUT2D eigenvalue weighted by atomic mass is 32.1. The summed E-state index contributed by atoms with van der Waals surface area (Å²) >= 11 is 1.56. The van der Waals surface area contributed by atoms with Crippen LogP contribution in [0.15, 0.2) is 41.5 Å². The molecular formula is C25H25FN2O5S. The van der Waals surface area contributed by atoms with Crippen molar-refractivity contribution >= 4 is 40.0 Å². The van der Waals surface area contributed by atoms with E-state index in [0.29, 0.717) is 42.1 Å². The lowest BCUT2D eigenvalue weighted by Gasteiger charge is -2.23. The minimum atomic E-state index is -0.678. The van der Waals surface area contributed by atoms with Gasteiger partial charge in [0.2, 0.25) is 0 Å². The van der Waals surface area contributed by atoms with Crippen molar-refractivity contribution in [2.75, 3.05) is 19.0 Å². The fraction of sp³-hybridized carbons (Fsp3) is 0.360. The Morgan fingerprint density at radius 1 is 1.38 bits per heavy atom. The molecule has 4 heterocycles. The van der Waals surface area contributed by atoms with Gasteiger partial charge in [0.25, 0.3) is 5.91 Å². The molecule has 2 unspecified atom stereocenters. The molecule has 2 aromatic rings. The van der Waals surface area contributed by atoms with Gasteiger partial charge in [-0.2, -0.15) is 0 Å². The number of aliphatic hydroxyl groups is 1. The fourth-order valence-electron chi connectivity index (χ4n) is 4.85. The number of ether oxygens (including phenoxy) is 2. The molecular weight excluding hydrogens is 459 g/mol. The Hall–Kier alpha value is -3.01. The van der Waals surface area contributed by atoms with Crippen molar-refractivity contribution in [3.05, 3.63) is 63.3 Å². The summed E-state index contributed by atoms with van der Waals surface area (Å²) in [5.41, 5.74) is 2.64. The predicted octanol–water partition coefficient (Wildman–Crippen LogP) is 3.55. The number of rotatable bonds is 4. The highest BCUT2D eigenvalue weighted by molar-refractivity contribution is 7.10. The molecule has 34 heavy (non-hydrogen) atoms. The SMILES string of the molecule is COC(=O)C1CC(O)CN1Cc1cc(C2=C/C(=C3\C(=O)Nc4cc(F)ccc43)OC2(C)C)cs1. The Balaban J connectivity index is 1.44. The number of amides is 1. The second kappa shape index (κ2) is 8.33. The molecule has 7 nitrogen and oxygen atoms in total. The van der Waals surface area contributed by atoms with Gasteiger partial charge in [0.05, 0.1) is 24.5 Å². The Kier molecular flexibility index (Phi) is 5.58. The first-order valence-corrected chi connectivity index (χ1v) is 11.9. The first kappa shape index (κ1) is 22.8. The van der Waals surface area contributed by atoms with Crippen LogP contribution >= 0.6 is 11.3 Å². The third-order valence-corrected chi connectivity index (χ3v) is 7.36. The number of likely N-dealkylation sites (tertiary alicyclic amines) is 1. The second-order valence-electron chi connectivity index (χ2n) is 9.21. The number of hydrogen-bond acceptors (Lipinski definition) is 7. The van der Waals surface area contributed by atoms with E-state index in [4.69, 9.17) is 9.47 Å². The first-order chi connectivity index (χ1) is 16.2. The molecule has 1 fully saturated rings. The molecule has 2 atom stereocenters. The van der Waals surface area contributed by atoms with Crippen LogP contribution < -0.4 is 5.32 Å². The van der Waals surface area contributed by atoms with Crippen molar-refractivity contribution in [3.63, 3.8) is 0 Å². The average Bonchev–Trinajstić information content (AvgIpc) is 3.52. The third-order valence-electron chi connectivity index (χ3n) is 6.44. The van der Waals surface area contributed by atoms with Gasteiger partial charge in [0, 0.05) is 35.5 Å². The molecule has 2 N–H and O–H groups in total. The Bertz CT molecular complexity index is 1250.